The van der Waals surface area contributed by atoms with E-state index in [1.54, 1.807) is 18.2 Å². The van der Waals surface area contributed by atoms with E-state index in [1.165, 1.54) is 0 Å². The van der Waals surface area contributed by atoms with Crippen molar-refractivity contribution in [1.82, 2.24) is 15.2 Å². The Balaban J connectivity index is 2.40. The van der Waals surface area contributed by atoms with Gasteiger partial charge in [0.05, 0.1) is 0 Å². The van der Waals surface area contributed by atoms with Crippen molar-refractivity contribution < 1.29 is 4.79 Å². The largest absolute Gasteiger partial charge is 0.349 e. The number of carbonyl (C=O) groups excluding carboxylic acids is 1. The molecule has 17 heavy (non-hydrogen) atoms. The summed E-state index contributed by atoms with van der Waals surface area (Å²) < 4.78 is 0.675. The van der Waals surface area contributed by atoms with Gasteiger partial charge in [-0.05, 0) is 41.2 Å². The Morgan fingerprint density at radius 2 is 2.12 bits per heavy atom. The monoisotopic (exact) mass is 299 g/mol. The Morgan fingerprint density at radius 1 is 1.41 bits per heavy atom. The summed E-state index contributed by atoms with van der Waals surface area (Å²) in [4.78, 5) is 18.1. The van der Waals surface area contributed by atoms with Gasteiger partial charge >= 0.3 is 0 Å². The maximum atomic E-state index is 11.7. The first kappa shape index (κ1) is 14.1. The number of likely N-dealkylation sites (N-methyl/N-ethyl adjacent to an activating group) is 1. The number of halogens is 1. The predicted octanol–water partition coefficient (Wildman–Crippen LogP) is 1.92. The molecule has 1 N–H and O–H groups in total. The van der Waals surface area contributed by atoms with Crippen LogP contribution in [0, 0.1) is 0 Å². The second kappa shape index (κ2) is 7.40. The molecule has 1 heterocycles. The van der Waals surface area contributed by atoms with Gasteiger partial charge in [0.2, 0.25) is 0 Å². The normalized spacial score (nSPS) is 10.6. The van der Waals surface area contributed by atoms with Gasteiger partial charge in [-0.25, -0.2) is 4.98 Å². The van der Waals surface area contributed by atoms with Crippen LogP contribution in [0.2, 0.25) is 0 Å². The minimum Gasteiger partial charge on any atom is -0.349 e. The van der Waals surface area contributed by atoms with Gasteiger partial charge in [0, 0.05) is 13.1 Å². The highest BCUT2D eigenvalue weighted by atomic mass is 79.9. The van der Waals surface area contributed by atoms with Crippen LogP contribution in [0.25, 0.3) is 0 Å². The molecule has 4 nitrogen and oxygen atoms in total. The average Bonchev–Trinajstić information content (AvgIpc) is 2.34. The Bertz CT molecular complexity index is 367. The van der Waals surface area contributed by atoms with Crippen molar-refractivity contribution in [1.29, 1.82) is 0 Å². The minimum atomic E-state index is -0.126. The van der Waals surface area contributed by atoms with Crippen molar-refractivity contribution in [2.75, 3.05) is 26.2 Å². The van der Waals surface area contributed by atoms with E-state index >= 15 is 0 Å². The molecule has 1 rings (SSSR count). The highest BCUT2D eigenvalue weighted by Crippen LogP contribution is 2.05. The van der Waals surface area contributed by atoms with Crippen LogP contribution >= 0.6 is 15.9 Å². The van der Waals surface area contributed by atoms with E-state index in [-0.39, 0.29) is 5.91 Å². The van der Waals surface area contributed by atoms with Gasteiger partial charge in [0.25, 0.3) is 5.91 Å². The maximum Gasteiger partial charge on any atom is 0.269 e. The van der Waals surface area contributed by atoms with Crippen LogP contribution in [-0.2, 0) is 0 Å². The molecule has 0 aromatic carbocycles. The lowest BCUT2D eigenvalue weighted by Gasteiger charge is -2.17. The fraction of sp³-hybridized carbons (Fsp3) is 0.500. The molecule has 5 heteroatoms. The fourth-order valence-electron chi connectivity index (χ4n) is 1.49. The van der Waals surface area contributed by atoms with Gasteiger partial charge in [-0.1, -0.05) is 19.9 Å². The van der Waals surface area contributed by atoms with Crippen LogP contribution in [0.15, 0.2) is 22.8 Å². The lowest BCUT2D eigenvalue weighted by atomic mass is 10.3. The Kier molecular flexibility index (Phi) is 6.15. The summed E-state index contributed by atoms with van der Waals surface area (Å²) >= 11 is 3.24. The molecule has 0 bridgehead atoms. The Hall–Kier alpha value is -0.940. The number of aromatic nitrogens is 1. The van der Waals surface area contributed by atoms with Crippen LogP contribution in [-0.4, -0.2) is 42.0 Å². The SMILES string of the molecule is CCN(CC)CCNC(=O)c1cccc(Br)n1. The standard InChI is InChI=1S/C12H18BrN3O/c1-3-16(4-2)9-8-14-12(17)10-6-5-7-11(13)15-10/h5-7H,3-4,8-9H2,1-2H3,(H,14,17). The summed E-state index contributed by atoms with van der Waals surface area (Å²) in [6.45, 7) is 7.74. The lowest BCUT2D eigenvalue weighted by Crippen LogP contribution is -2.35. The van der Waals surface area contributed by atoms with Crippen LogP contribution in [0.4, 0.5) is 0 Å². The van der Waals surface area contributed by atoms with Crippen molar-refractivity contribution in [3.8, 4) is 0 Å². The summed E-state index contributed by atoms with van der Waals surface area (Å²) in [6.07, 6.45) is 0. The third kappa shape index (κ3) is 4.83. The summed E-state index contributed by atoms with van der Waals surface area (Å²) in [6, 6.07) is 5.31. The molecule has 0 saturated heterocycles. The number of nitrogens with zero attached hydrogens (tertiary/aromatic N) is 2. The molecule has 0 atom stereocenters. The summed E-state index contributed by atoms with van der Waals surface area (Å²) in [5.41, 5.74) is 0.443. The van der Waals surface area contributed by atoms with Crippen LogP contribution in [0.5, 0.6) is 0 Å². The second-order valence-electron chi connectivity index (χ2n) is 3.63. The maximum absolute atomic E-state index is 11.7. The van der Waals surface area contributed by atoms with Gasteiger partial charge in [-0.3, -0.25) is 4.79 Å². The van der Waals surface area contributed by atoms with Crippen molar-refractivity contribution in [3.63, 3.8) is 0 Å². The topological polar surface area (TPSA) is 45.2 Å². The molecule has 1 aromatic rings. The van der Waals surface area contributed by atoms with Gasteiger partial charge in [-0.15, -0.1) is 0 Å². The molecule has 1 aromatic heterocycles. The molecule has 0 aliphatic carbocycles. The molecular formula is C12H18BrN3O. The molecule has 0 aliphatic heterocycles. The first-order chi connectivity index (χ1) is 8.17. The van der Waals surface area contributed by atoms with Crippen molar-refractivity contribution in [2.45, 2.75) is 13.8 Å². The quantitative estimate of drug-likeness (QED) is 0.816. The molecule has 0 spiro atoms. The number of rotatable bonds is 6. The van der Waals surface area contributed by atoms with E-state index in [0.29, 0.717) is 16.8 Å². The van der Waals surface area contributed by atoms with Crippen LogP contribution in [0.3, 0.4) is 0 Å². The molecule has 0 radical (unpaired) electrons. The third-order valence-corrected chi connectivity index (χ3v) is 3.00. The smallest absolute Gasteiger partial charge is 0.269 e. The molecule has 1 amide bonds. The zero-order chi connectivity index (χ0) is 12.7. The third-order valence-electron chi connectivity index (χ3n) is 2.56. The van der Waals surface area contributed by atoms with Crippen molar-refractivity contribution >= 4 is 21.8 Å². The zero-order valence-electron chi connectivity index (χ0n) is 10.2. The second-order valence-corrected chi connectivity index (χ2v) is 4.44. The highest BCUT2D eigenvalue weighted by Gasteiger charge is 2.07. The van der Waals surface area contributed by atoms with E-state index in [1.807, 2.05) is 0 Å². The summed E-state index contributed by atoms with van der Waals surface area (Å²) in [7, 11) is 0. The van der Waals surface area contributed by atoms with Gasteiger partial charge < -0.3 is 10.2 Å². The minimum absolute atomic E-state index is 0.126. The van der Waals surface area contributed by atoms with Gasteiger partial charge in [0.1, 0.15) is 10.3 Å². The molecule has 0 aliphatic rings. The molecule has 0 fully saturated rings. The molecule has 0 unspecified atom stereocenters. The highest BCUT2D eigenvalue weighted by molar-refractivity contribution is 9.10. The molecule has 94 valence electrons. The average molecular weight is 300 g/mol. The van der Waals surface area contributed by atoms with E-state index in [0.717, 1.165) is 19.6 Å². The number of pyridine rings is 1. The van der Waals surface area contributed by atoms with Crippen molar-refractivity contribution in [2.24, 2.45) is 0 Å². The van der Waals surface area contributed by atoms with Gasteiger partial charge in [0.15, 0.2) is 0 Å². The van der Waals surface area contributed by atoms with Crippen LogP contribution < -0.4 is 5.32 Å². The first-order valence-corrected chi connectivity index (χ1v) is 6.59. The number of hydrogen-bond donors (Lipinski definition) is 1. The Morgan fingerprint density at radius 3 is 2.71 bits per heavy atom. The van der Waals surface area contributed by atoms with E-state index in [9.17, 15) is 4.79 Å². The predicted molar refractivity (Wildman–Crippen MR) is 72.1 cm³/mol. The van der Waals surface area contributed by atoms with E-state index in [4.69, 9.17) is 0 Å². The number of amides is 1. The zero-order valence-corrected chi connectivity index (χ0v) is 11.8. The molecule has 0 saturated carbocycles. The Labute approximate surface area is 111 Å². The summed E-state index contributed by atoms with van der Waals surface area (Å²) in [5.74, 6) is -0.126. The lowest BCUT2D eigenvalue weighted by molar-refractivity contribution is 0.0944. The summed E-state index contributed by atoms with van der Waals surface area (Å²) in [5, 5.41) is 2.86. The van der Waals surface area contributed by atoms with Gasteiger partial charge in [-0.2, -0.15) is 0 Å². The first-order valence-electron chi connectivity index (χ1n) is 5.80. The van der Waals surface area contributed by atoms with Crippen LogP contribution in [0.1, 0.15) is 24.3 Å². The number of carbonyl (C=O) groups is 1. The van der Waals surface area contributed by atoms with E-state index in [2.05, 4.69) is 45.0 Å². The number of hydrogen-bond acceptors (Lipinski definition) is 3. The van der Waals surface area contributed by atoms with Crippen molar-refractivity contribution in [3.05, 3.63) is 28.5 Å². The fourth-order valence-corrected chi connectivity index (χ4v) is 1.84. The number of nitrogens with one attached hydrogen (secondary N) is 1. The molecular weight excluding hydrogens is 282 g/mol. The van der Waals surface area contributed by atoms with E-state index < -0.39 is 0 Å².